The summed E-state index contributed by atoms with van der Waals surface area (Å²) in [5.74, 6) is 2.49. The molecule has 4 rings (SSSR count). The zero-order chi connectivity index (χ0) is 25.5. The summed E-state index contributed by atoms with van der Waals surface area (Å²) >= 11 is 0. The molecule has 0 saturated carbocycles. The van der Waals surface area contributed by atoms with E-state index in [9.17, 15) is 4.79 Å². The predicted molar refractivity (Wildman–Crippen MR) is 142 cm³/mol. The quantitative estimate of drug-likeness (QED) is 0.381. The molecule has 3 aromatic rings. The van der Waals surface area contributed by atoms with Gasteiger partial charge in [-0.05, 0) is 36.5 Å². The molecule has 2 heterocycles. The van der Waals surface area contributed by atoms with Gasteiger partial charge in [0.1, 0.15) is 12.3 Å². The van der Waals surface area contributed by atoms with Crippen LogP contribution in [0.5, 0.6) is 5.75 Å². The van der Waals surface area contributed by atoms with Crippen molar-refractivity contribution in [3.8, 4) is 28.5 Å². The largest absolute Gasteiger partial charge is 0.497 e. The molecule has 1 unspecified atom stereocenters. The molecule has 0 bridgehead atoms. The van der Waals surface area contributed by atoms with Gasteiger partial charge in [-0.15, -0.1) is 5.10 Å². The van der Waals surface area contributed by atoms with Gasteiger partial charge in [-0.25, -0.2) is 9.67 Å². The molecule has 1 aliphatic rings. The van der Waals surface area contributed by atoms with Crippen LogP contribution in [0.3, 0.4) is 0 Å². The number of carbonyl (C=O) groups excluding carboxylic acids is 1. The smallest absolute Gasteiger partial charge is 0.181 e. The van der Waals surface area contributed by atoms with Crippen molar-refractivity contribution >= 4 is 5.78 Å². The average Bonchev–Trinajstić information content (AvgIpc) is 3.31. The molecule has 0 aliphatic carbocycles. The lowest BCUT2D eigenvalue weighted by atomic mass is 10.1. The molecule has 0 amide bonds. The highest BCUT2D eigenvalue weighted by Gasteiger charge is 2.21. The minimum atomic E-state index is 0.148. The van der Waals surface area contributed by atoms with Crippen molar-refractivity contribution in [3.63, 3.8) is 0 Å². The number of ketones is 1. The summed E-state index contributed by atoms with van der Waals surface area (Å²) in [7, 11) is 1.64. The lowest BCUT2D eigenvalue weighted by Crippen LogP contribution is -2.45. The van der Waals surface area contributed by atoms with Crippen LogP contribution in [0.4, 0.5) is 0 Å². The van der Waals surface area contributed by atoms with Gasteiger partial charge in [-0.3, -0.25) is 9.69 Å². The van der Waals surface area contributed by atoms with Crippen LogP contribution in [0.15, 0.2) is 48.5 Å². The molecule has 1 aliphatic heterocycles. The van der Waals surface area contributed by atoms with Gasteiger partial charge in [-0.1, -0.05) is 57.2 Å². The van der Waals surface area contributed by atoms with Crippen LogP contribution in [0, 0.1) is 5.92 Å². The Kier molecular flexibility index (Phi) is 8.88. The number of Topliss-reactive ketones (excluding diaryl/α,β-unsaturated/α-hetero) is 1. The van der Waals surface area contributed by atoms with E-state index in [1.54, 1.807) is 11.8 Å². The summed E-state index contributed by atoms with van der Waals surface area (Å²) in [5.41, 5.74) is 3.11. The first-order valence-electron chi connectivity index (χ1n) is 13.0. The number of methoxy groups -OCH3 is 1. The van der Waals surface area contributed by atoms with Crippen molar-refractivity contribution in [2.45, 2.75) is 52.6 Å². The molecule has 7 nitrogen and oxygen atoms in total. The summed E-state index contributed by atoms with van der Waals surface area (Å²) in [4.78, 5) is 20.0. The first kappa shape index (κ1) is 26.0. The van der Waals surface area contributed by atoms with E-state index >= 15 is 0 Å². The Morgan fingerprint density at radius 1 is 1.17 bits per heavy atom. The predicted octanol–water partition coefficient (Wildman–Crippen LogP) is 4.89. The normalized spacial score (nSPS) is 16.4. The fourth-order valence-electron chi connectivity index (χ4n) is 4.69. The number of aromatic nitrogens is 3. The molecule has 36 heavy (non-hydrogen) atoms. The summed E-state index contributed by atoms with van der Waals surface area (Å²) in [5, 5.41) is 4.75. The molecule has 1 aromatic heterocycles. The summed E-state index contributed by atoms with van der Waals surface area (Å²) in [6, 6.07) is 16.7. The van der Waals surface area contributed by atoms with Gasteiger partial charge in [0.15, 0.2) is 17.4 Å². The highest BCUT2D eigenvalue weighted by Crippen LogP contribution is 2.26. The minimum absolute atomic E-state index is 0.148. The van der Waals surface area contributed by atoms with Crippen LogP contribution >= 0.6 is 0 Å². The minimum Gasteiger partial charge on any atom is -0.497 e. The molecule has 1 saturated heterocycles. The van der Waals surface area contributed by atoms with Crippen molar-refractivity contribution in [1.29, 1.82) is 0 Å². The lowest BCUT2D eigenvalue weighted by Gasteiger charge is -2.35. The fourth-order valence-corrected chi connectivity index (χ4v) is 4.69. The van der Waals surface area contributed by atoms with E-state index in [1.807, 2.05) is 24.3 Å². The number of rotatable bonds is 11. The summed E-state index contributed by atoms with van der Waals surface area (Å²) < 4.78 is 12.8. The van der Waals surface area contributed by atoms with E-state index in [-0.39, 0.29) is 12.3 Å². The standard InChI is InChI=1S/C29H38N4O3/c1-5-25-20-36-16-15-32(25)14-13-22-9-11-23(12-10-22)28-30-29(24-7-6-8-27(18-24)35-4)33(31-28)19-26(34)17-21(2)3/h6-12,18,21,25H,5,13-17,19-20H2,1-4H3. The Morgan fingerprint density at radius 3 is 2.69 bits per heavy atom. The van der Waals surface area contributed by atoms with E-state index in [0.29, 0.717) is 30.0 Å². The molecule has 1 fully saturated rings. The van der Waals surface area contributed by atoms with Gasteiger partial charge < -0.3 is 9.47 Å². The number of benzene rings is 2. The van der Waals surface area contributed by atoms with Crippen LogP contribution in [0.25, 0.3) is 22.8 Å². The Morgan fingerprint density at radius 2 is 1.97 bits per heavy atom. The summed E-state index contributed by atoms with van der Waals surface area (Å²) in [6.07, 6.45) is 2.63. The van der Waals surface area contributed by atoms with E-state index in [0.717, 1.165) is 56.0 Å². The first-order valence-corrected chi connectivity index (χ1v) is 13.0. The number of hydrogen-bond acceptors (Lipinski definition) is 6. The second kappa shape index (κ2) is 12.3. The van der Waals surface area contributed by atoms with Crippen molar-refractivity contribution in [2.75, 3.05) is 33.4 Å². The molecule has 192 valence electrons. The van der Waals surface area contributed by atoms with Gasteiger partial charge >= 0.3 is 0 Å². The van der Waals surface area contributed by atoms with Crippen LogP contribution in [-0.2, 0) is 22.5 Å². The van der Waals surface area contributed by atoms with Crippen LogP contribution < -0.4 is 4.74 Å². The van der Waals surface area contributed by atoms with Crippen LogP contribution in [0.1, 0.15) is 39.2 Å². The molecule has 7 heteroatoms. The molecular weight excluding hydrogens is 452 g/mol. The van der Waals surface area contributed by atoms with Gasteiger partial charge in [0, 0.05) is 36.7 Å². The van der Waals surface area contributed by atoms with Crippen molar-refractivity contribution < 1.29 is 14.3 Å². The number of ether oxygens (including phenoxy) is 2. The van der Waals surface area contributed by atoms with E-state index < -0.39 is 0 Å². The van der Waals surface area contributed by atoms with Crippen molar-refractivity contribution in [1.82, 2.24) is 19.7 Å². The number of nitrogens with zero attached hydrogens (tertiary/aromatic N) is 4. The third-order valence-electron chi connectivity index (χ3n) is 6.68. The molecule has 1 atom stereocenters. The maximum atomic E-state index is 12.6. The second-order valence-corrected chi connectivity index (χ2v) is 9.91. The number of carbonyl (C=O) groups is 1. The maximum Gasteiger partial charge on any atom is 0.181 e. The average molecular weight is 491 g/mol. The third kappa shape index (κ3) is 6.59. The Hall–Kier alpha value is -3.03. The van der Waals surface area contributed by atoms with Gasteiger partial charge in [-0.2, -0.15) is 0 Å². The van der Waals surface area contributed by atoms with Crippen molar-refractivity contribution in [3.05, 3.63) is 54.1 Å². The van der Waals surface area contributed by atoms with E-state index in [4.69, 9.17) is 19.6 Å². The van der Waals surface area contributed by atoms with E-state index in [1.165, 1.54) is 5.56 Å². The monoisotopic (exact) mass is 490 g/mol. The van der Waals surface area contributed by atoms with Crippen LogP contribution in [-0.4, -0.2) is 64.9 Å². The molecule has 0 N–H and O–H groups in total. The maximum absolute atomic E-state index is 12.6. The number of morpholine rings is 1. The molecule has 0 spiro atoms. The highest BCUT2D eigenvalue weighted by molar-refractivity contribution is 5.79. The highest BCUT2D eigenvalue weighted by atomic mass is 16.5. The number of hydrogen-bond donors (Lipinski definition) is 0. The molecular formula is C29H38N4O3. The first-order chi connectivity index (χ1) is 17.5. The van der Waals surface area contributed by atoms with Crippen LogP contribution in [0.2, 0.25) is 0 Å². The summed E-state index contributed by atoms with van der Waals surface area (Å²) in [6.45, 7) is 10.2. The zero-order valence-corrected chi connectivity index (χ0v) is 21.9. The SMILES string of the molecule is CCC1COCCN1CCc1ccc(-c2nc(-c3cccc(OC)c3)n(CC(=O)CC(C)C)n2)cc1. The second-order valence-electron chi connectivity index (χ2n) is 9.91. The van der Waals surface area contributed by atoms with Gasteiger partial charge in [0.25, 0.3) is 0 Å². The fraction of sp³-hybridized carbons (Fsp3) is 0.483. The van der Waals surface area contributed by atoms with E-state index in [2.05, 4.69) is 49.9 Å². The Labute approximate surface area is 214 Å². The molecule has 2 aromatic carbocycles. The topological polar surface area (TPSA) is 69.5 Å². The van der Waals surface area contributed by atoms with Crippen molar-refractivity contribution in [2.24, 2.45) is 5.92 Å². The Balaban J connectivity index is 1.53. The molecule has 0 radical (unpaired) electrons. The third-order valence-corrected chi connectivity index (χ3v) is 6.68. The van der Waals surface area contributed by atoms with Gasteiger partial charge in [0.2, 0.25) is 0 Å². The zero-order valence-electron chi connectivity index (χ0n) is 21.9. The van der Waals surface area contributed by atoms with Gasteiger partial charge in [0.05, 0.1) is 20.3 Å². The lowest BCUT2D eigenvalue weighted by molar-refractivity contribution is -0.120. The Bertz CT molecular complexity index is 1140.